The van der Waals surface area contributed by atoms with Crippen molar-refractivity contribution in [3.05, 3.63) is 69.7 Å². The molecule has 0 aliphatic carbocycles. The smallest absolute Gasteiger partial charge is 0.319 e. The van der Waals surface area contributed by atoms with E-state index in [1.165, 1.54) is 0 Å². The van der Waals surface area contributed by atoms with Gasteiger partial charge in [-0.05, 0) is 43.2 Å². The third-order valence-corrected chi connectivity index (χ3v) is 5.81. The number of urea groups is 1. The molecule has 1 fully saturated rings. The Kier molecular flexibility index (Phi) is 4.74. The second-order valence-electron chi connectivity index (χ2n) is 7.18. The topological polar surface area (TPSA) is 86.8 Å². The minimum absolute atomic E-state index is 0.113. The van der Waals surface area contributed by atoms with E-state index < -0.39 is 11.6 Å². The summed E-state index contributed by atoms with van der Waals surface area (Å²) in [5, 5.41) is 2.75. The number of amides is 5. The second-order valence-corrected chi connectivity index (χ2v) is 8.10. The van der Waals surface area contributed by atoms with E-state index in [0.717, 1.165) is 14.3 Å². The number of halogens is 1. The maximum absolute atomic E-state index is 13.0. The molecule has 2 heterocycles. The molecule has 0 aromatic heterocycles. The average molecular weight is 456 g/mol. The van der Waals surface area contributed by atoms with Crippen LogP contribution in [0.1, 0.15) is 39.6 Å². The van der Waals surface area contributed by atoms with E-state index in [1.54, 1.807) is 49.4 Å². The Hall–Kier alpha value is -3.00. The standard InChI is InChI=1S/C21H18BrN3O4/c1-21(13-6-4-7-14(22)12-13)19(28)25(20(29)23-21)11-5-10-24-17(26)15-8-2-3-9-16(15)18(24)27/h2-4,6-9,12H,5,10-11H2,1H3,(H,23,29). The van der Waals surface area contributed by atoms with E-state index in [0.29, 0.717) is 23.1 Å². The molecule has 0 saturated carbocycles. The van der Waals surface area contributed by atoms with Crippen molar-refractivity contribution in [1.29, 1.82) is 0 Å². The van der Waals surface area contributed by atoms with Gasteiger partial charge in [0.1, 0.15) is 5.54 Å². The number of rotatable bonds is 5. The Bertz CT molecular complexity index is 1020. The predicted octanol–water partition coefficient (Wildman–Crippen LogP) is 2.90. The highest BCUT2D eigenvalue weighted by atomic mass is 79.9. The number of carbonyl (C=O) groups excluding carboxylic acids is 4. The molecule has 1 saturated heterocycles. The SMILES string of the molecule is CC1(c2cccc(Br)c2)NC(=O)N(CCCN2C(=O)c3ccccc3C2=O)C1=O. The lowest BCUT2D eigenvalue weighted by atomic mass is 9.92. The fraction of sp³-hybridized carbons (Fsp3) is 0.238. The summed E-state index contributed by atoms with van der Waals surface area (Å²) in [5.74, 6) is -1.05. The molecule has 5 amide bonds. The molecule has 2 aromatic rings. The third-order valence-electron chi connectivity index (χ3n) is 5.32. The molecule has 1 atom stereocenters. The summed E-state index contributed by atoms with van der Waals surface area (Å²) in [6, 6.07) is 13.4. The number of benzene rings is 2. The van der Waals surface area contributed by atoms with Gasteiger partial charge in [0.15, 0.2) is 0 Å². The summed E-state index contributed by atoms with van der Waals surface area (Å²) in [7, 11) is 0. The van der Waals surface area contributed by atoms with Crippen molar-refractivity contribution in [1.82, 2.24) is 15.1 Å². The molecular weight excluding hydrogens is 438 g/mol. The van der Waals surface area contributed by atoms with Gasteiger partial charge in [0.25, 0.3) is 17.7 Å². The van der Waals surface area contributed by atoms with Crippen LogP contribution in [0.4, 0.5) is 4.79 Å². The lowest BCUT2D eigenvalue weighted by Crippen LogP contribution is -2.41. The molecule has 29 heavy (non-hydrogen) atoms. The first kappa shape index (κ1) is 19.3. The van der Waals surface area contributed by atoms with Crippen molar-refractivity contribution in [3.63, 3.8) is 0 Å². The van der Waals surface area contributed by atoms with Gasteiger partial charge in [0, 0.05) is 17.6 Å². The largest absolute Gasteiger partial charge is 0.325 e. The molecule has 148 valence electrons. The lowest BCUT2D eigenvalue weighted by Gasteiger charge is -2.22. The summed E-state index contributed by atoms with van der Waals surface area (Å²) >= 11 is 3.38. The monoisotopic (exact) mass is 455 g/mol. The van der Waals surface area contributed by atoms with Crippen molar-refractivity contribution in [2.24, 2.45) is 0 Å². The highest BCUT2D eigenvalue weighted by Crippen LogP contribution is 2.30. The maximum Gasteiger partial charge on any atom is 0.325 e. The molecule has 2 aliphatic rings. The summed E-state index contributed by atoms with van der Waals surface area (Å²) < 4.78 is 0.808. The predicted molar refractivity (Wildman–Crippen MR) is 108 cm³/mol. The zero-order valence-electron chi connectivity index (χ0n) is 15.6. The molecule has 0 radical (unpaired) electrons. The van der Waals surface area contributed by atoms with Crippen LogP contribution < -0.4 is 5.32 Å². The van der Waals surface area contributed by atoms with Crippen LogP contribution in [0, 0.1) is 0 Å². The molecule has 2 aliphatic heterocycles. The molecule has 1 unspecified atom stereocenters. The van der Waals surface area contributed by atoms with Gasteiger partial charge in [-0.15, -0.1) is 0 Å². The Balaban J connectivity index is 1.43. The molecule has 1 N–H and O–H groups in total. The third kappa shape index (κ3) is 3.13. The Morgan fingerprint density at radius 2 is 1.52 bits per heavy atom. The zero-order valence-corrected chi connectivity index (χ0v) is 17.2. The van der Waals surface area contributed by atoms with E-state index in [2.05, 4.69) is 21.2 Å². The van der Waals surface area contributed by atoms with Crippen LogP contribution >= 0.6 is 15.9 Å². The van der Waals surface area contributed by atoms with Crippen molar-refractivity contribution < 1.29 is 19.2 Å². The summed E-state index contributed by atoms with van der Waals surface area (Å²) in [6.07, 6.45) is 0.305. The van der Waals surface area contributed by atoms with Crippen LogP contribution in [0.2, 0.25) is 0 Å². The molecule has 0 bridgehead atoms. The minimum atomic E-state index is -1.16. The van der Waals surface area contributed by atoms with Gasteiger partial charge < -0.3 is 5.32 Å². The summed E-state index contributed by atoms with van der Waals surface area (Å²) in [6.45, 7) is 1.91. The molecule has 8 heteroatoms. The van der Waals surface area contributed by atoms with Crippen LogP contribution in [-0.4, -0.2) is 46.6 Å². The fourth-order valence-electron chi connectivity index (χ4n) is 3.72. The Morgan fingerprint density at radius 1 is 0.897 bits per heavy atom. The van der Waals surface area contributed by atoms with Gasteiger partial charge in [0.2, 0.25) is 0 Å². The van der Waals surface area contributed by atoms with Gasteiger partial charge >= 0.3 is 6.03 Å². The molecule has 0 spiro atoms. The molecule has 4 rings (SSSR count). The van der Waals surface area contributed by atoms with E-state index >= 15 is 0 Å². The number of fused-ring (bicyclic) bond motifs is 1. The first-order valence-electron chi connectivity index (χ1n) is 9.18. The van der Waals surface area contributed by atoms with Gasteiger partial charge in [-0.25, -0.2) is 4.79 Å². The number of nitrogens with zero attached hydrogens (tertiary/aromatic N) is 2. The average Bonchev–Trinajstić information content (AvgIpc) is 3.08. The van der Waals surface area contributed by atoms with Crippen molar-refractivity contribution in [3.8, 4) is 0 Å². The summed E-state index contributed by atoms with van der Waals surface area (Å²) in [5.41, 5.74) is 0.286. The molecule has 2 aromatic carbocycles. The van der Waals surface area contributed by atoms with Crippen LogP contribution in [-0.2, 0) is 10.3 Å². The number of nitrogens with one attached hydrogen (secondary N) is 1. The second kappa shape index (κ2) is 7.11. The summed E-state index contributed by atoms with van der Waals surface area (Å²) in [4.78, 5) is 52.5. The first-order valence-corrected chi connectivity index (χ1v) is 9.97. The zero-order chi connectivity index (χ0) is 20.8. The minimum Gasteiger partial charge on any atom is -0.319 e. The van der Waals surface area contributed by atoms with Crippen LogP contribution in [0.3, 0.4) is 0 Å². The number of carbonyl (C=O) groups is 4. The molecular formula is C21H18BrN3O4. The van der Waals surface area contributed by atoms with E-state index in [-0.39, 0.29) is 30.8 Å². The van der Waals surface area contributed by atoms with Crippen molar-refractivity contribution in [2.45, 2.75) is 18.9 Å². The van der Waals surface area contributed by atoms with Gasteiger partial charge in [0.05, 0.1) is 11.1 Å². The van der Waals surface area contributed by atoms with Crippen LogP contribution in [0.5, 0.6) is 0 Å². The van der Waals surface area contributed by atoms with Gasteiger partial charge in [-0.2, -0.15) is 0 Å². The van der Waals surface area contributed by atoms with Crippen molar-refractivity contribution >= 4 is 39.7 Å². The highest BCUT2D eigenvalue weighted by Gasteiger charge is 2.48. The van der Waals surface area contributed by atoms with Crippen molar-refractivity contribution in [2.75, 3.05) is 13.1 Å². The number of hydrogen-bond donors (Lipinski definition) is 1. The number of imide groups is 2. The van der Waals surface area contributed by atoms with Crippen LogP contribution in [0.15, 0.2) is 53.0 Å². The Labute approximate surface area is 175 Å². The highest BCUT2D eigenvalue weighted by molar-refractivity contribution is 9.10. The number of hydrogen-bond acceptors (Lipinski definition) is 4. The van der Waals surface area contributed by atoms with Gasteiger partial charge in [-0.3, -0.25) is 24.2 Å². The van der Waals surface area contributed by atoms with Crippen LogP contribution in [0.25, 0.3) is 0 Å². The fourth-order valence-corrected chi connectivity index (χ4v) is 4.12. The molecule has 7 nitrogen and oxygen atoms in total. The van der Waals surface area contributed by atoms with E-state index in [4.69, 9.17) is 0 Å². The maximum atomic E-state index is 13.0. The normalized spacial score (nSPS) is 21.0. The van der Waals surface area contributed by atoms with E-state index in [1.807, 2.05) is 6.07 Å². The van der Waals surface area contributed by atoms with Gasteiger partial charge in [-0.1, -0.05) is 40.2 Å². The Morgan fingerprint density at radius 3 is 2.14 bits per heavy atom. The first-order chi connectivity index (χ1) is 13.8. The lowest BCUT2D eigenvalue weighted by molar-refractivity contribution is -0.131. The van der Waals surface area contributed by atoms with E-state index in [9.17, 15) is 19.2 Å². The quantitative estimate of drug-likeness (QED) is 0.554.